The number of rotatable bonds is 4. The molecule has 1 aromatic rings. The Morgan fingerprint density at radius 3 is 2.69 bits per heavy atom. The monoisotopic (exact) mass is 243 g/mol. The van der Waals surface area contributed by atoms with E-state index >= 15 is 0 Å². The first-order chi connectivity index (χ1) is 7.49. The van der Waals surface area contributed by atoms with Crippen LogP contribution in [0, 0.1) is 13.8 Å². The number of aromatic nitrogens is 1. The average molecular weight is 243 g/mol. The minimum Gasteiger partial charge on any atom is -0.437 e. The Morgan fingerprint density at radius 2 is 2.19 bits per heavy atom. The van der Waals surface area contributed by atoms with Crippen molar-refractivity contribution in [3.8, 4) is 0 Å². The molecular weight excluding hydrogens is 230 g/mol. The maximum Gasteiger partial charge on any atom is 0.318 e. The molecule has 0 bridgehead atoms. The van der Waals surface area contributed by atoms with Crippen molar-refractivity contribution in [1.29, 1.82) is 0 Å². The fourth-order valence-electron chi connectivity index (χ4n) is 0.936. The standard InChI is InChI=1S/C9H13N3O3S/c1-5-6(2)15-9(11-5)16-4-3-7(13)12-8(10)14/h3-4H2,1-2H3,(H3,10,12,13,14). The number of nitrogens with two attached hydrogens (primary N) is 1. The summed E-state index contributed by atoms with van der Waals surface area (Å²) >= 11 is 1.32. The molecule has 0 aliphatic heterocycles. The Bertz CT molecular complexity index is 383. The molecule has 0 saturated heterocycles. The molecule has 7 heteroatoms. The molecule has 0 unspecified atom stereocenters. The molecule has 1 rings (SSSR count). The summed E-state index contributed by atoms with van der Waals surface area (Å²) in [6.07, 6.45) is 0.189. The van der Waals surface area contributed by atoms with Gasteiger partial charge in [-0.05, 0) is 13.8 Å². The Balaban J connectivity index is 2.30. The van der Waals surface area contributed by atoms with E-state index in [9.17, 15) is 9.59 Å². The Morgan fingerprint density at radius 1 is 1.50 bits per heavy atom. The van der Waals surface area contributed by atoms with Crippen LogP contribution in [0.2, 0.25) is 0 Å². The number of urea groups is 1. The SMILES string of the molecule is Cc1nc(SCCC(=O)NC(N)=O)oc1C. The van der Waals surface area contributed by atoms with Crippen LogP contribution in [0.3, 0.4) is 0 Å². The maximum atomic E-state index is 11.0. The molecule has 0 aromatic carbocycles. The molecule has 0 aliphatic carbocycles. The minimum atomic E-state index is -0.835. The molecule has 0 saturated carbocycles. The van der Waals surface area contributed by atoms with Crippen molar-refractivity contribution in [1.82, 2.24) is 10.3 Å². The number of amides is 3. The van der Waals surface area contributed by atoms with E-state index in [1.54, 1.807) is 0 Å². The van der Waals surface area contributed by atoms with E-state index in [0.717, 1.165) is 11.5 Å². The molecule has 0 radical (unpaired) electrons. The number of carbonyl (C=O) groups excluding carboxylic acids is 2. The first-order valence-electron chi connectivity index (χ1n) is 4.65. The quantitative estimate of drug-likeness (QED) is 0.768. The van der Waals surface area contributed by atoms with Gasteiger partial charge < -0.3 is 10.2 Å². The highest BCUT2D eigenvalue weighted by molar-refractivity contribution is 7.99. The topological polar surface area (TPSA) is 98.2 Å². The predicted octanol–water partition coefficient (Wildman–Crippen LogP) is 0.969. The van der Waals surface area contributed by atoms with Gasteiger partial charge in [0.2, 0.25) is 5.91 Å². The highest BCUT2D eigenvalue weighted by Crippen LogP contribution is 2.20. The van der Waals surface area contributed by atoms with E-state index in [4.69, 9.17) is 10.2 Å². The molecule has 0 aliphatic rings. The minimum absolute atomic E-state index is 0.189. The Labute approximate surface area is 97.0 Å². The summed E-state index contributed by atoms with van der Waals surface area (Å²) in [7, 11) is 0. The Hall–Kier alpha value is -1.50. The normalized spacial score (nSPS) is 10.1. The van der Waals surface area contributed by atoms with E-state index in [-0.39, 0.29) is 6.42 Å². The van der Waals surface area contributed by atoms with Crippen molar-refractivity contribution in [3.63, 3.8) is 0 Å². The maximum absolute atomic E-state index is 11.0. The third-order valence-electron chi connectivity index (χ3n) is 1.83. The summed E-state index contributed by atoms with van der Waals surface area (Å²) in [4.78, 5) is 25.5. The van der Waals surface area contributed by atoms with Gasteiger partial charge in [-0.25, -0.2) is 9.78 Å². The molecule has 88 valence electrons. The summed E-state index contributed by atoms with van der Waals surface area (Å²) in [6.45, 7) is 3.68. The van der Waals surface area contributed by atoms with Crippen molar-refractivity contribution in [2.24, 2.45) is 5.73 Å². The number of carbonyl (C=O) groups is 2. The summed E-state index contributed by atoms with van der Waals surface area (Å²) in [5.41, 5.74) is 5.63. The van der Waals surface area contributed by atoms with Gasteiger partial charge in [0, 0.05) is 12.2 Å². The van der Waals surface area contributed by atoms with Gasteiger partial charge in [-0.2, -0.15) is 0 Å². The third-order valence-corrected chi connectivity index (χ3v) is 2.66. The zero-order valence-electron chi connectivity index (χ0n) is 9.07. The Kier molecular flexibility index (Phi) is 4.36. The summed E-state index contributed by atoms with van der Waals surface area (Å²) in [5, 5.41) is 2.51. The second-order valence-electron chi connectivity index (χ2n) is 3.13. The lowest BCUT2D eigenvalue weighted by Crippen LogP contribution is -2.35. The second kappa shape index (κ2) is 5.55. The van der Waals surface area contributed by atoms with Crippen LogP contribution < -0.4 is 11.1 Å². The first-order valence-corrected chi connectivity index (χ1v) is 5.63. The predicted molar refractivity (Wildman–Crippen MR) is 59.0 cm³/mol. The van der Waals surface area contributed by atoms with E-state index in [1.807, 2.05) is 19.2 Å². The van der Waals surface area contributed by atoms with Crippen LogP contribution in [0.15, 0.2) is 9.64 Å². The summed E-state index contributed by atoms with van der Waals surface area (Å²) < 4.78 is 5.31. The van der Waals surface area contributed by atoms with Crippen LogP contribution in [0.25, 0.3) is 0 Å². The molecule has 3 N–H and O–H groups in total. The van der Waals surface area contributed by atoms with Crippen LogP contribution in [0.5, 0.6) is 0 Å². The number of aryl methyl sites for hydroxylation is 2. The number of nitrogens with one attached hydrogen (secondary N) is 1. The zero-order valence-corrected chi connectivity index (χ0v) is 9.89. The fourth-order valence-corrected chi connectivity index (χ4v) is 1.78. The summed E-state index contributed by atoms with van der Waals surface area (Å²) in [6, 6.07) is -0.835. The van der Waals surface area contributed by atoms with Gasteiger partial charge in [0.1, 0.15) is 5.76 Å². The van der Waals surface area contributed by atoms with Crippen molar-refractivity contribution in [2.45, 2.75) is 25.5 Å². The van der Waals surface area contributed by atoms with Gasteiger partial charge in [0.05, 0.1) is 5.69 Å². The molecule has 1 aromatic heterocycles. The number of hydrogen-bond acceptors (Lipinski definition) is 5. The van der Waals surface area contributed by atoms with Crippen molar-refractivity contribution in [2.75, 3.05) is 5.75 Å². The molecule has 0 fully saturated rings. The number of thioether (sulfide) groups is 1. The smallest absolute Gasteiger partial charge is 0.318 e. The van der Waals surface area contributed by atoms with Gasteiger partial charge in [-0.1, -0.05) is 11.8 Å². The van der Waals surface area contributed by atoms with Crippen LogP contribution in [-0.2, 0) is 4.79 Å². The van der Waals surface area contributed by atoms with E-state index in [1.165, 1.54) is 11.8 Å². The molecule has 0 atom stereocenters. The average Bonchev–Trinajstić information content (AvgIpc) is 2.44. The lowest BCUT2D eigenvalue weighted by Gasteiger charge is -1.98. The molecule has 16 heavy (non-hydrogen) atoms. The second-order valence-corrected chi connectivity index (χ2v) is 4.18. The molecular formula is C9H13N3O3S. The summed E-state index contributed by atoms with van der Waals surface area (Å²) in [5.74, 6) is 0.850. The lowest BCUT2D eigenvalue weighted by molar-refractivity contribution is -0.119. The number of hydrogen-bond donors (Lipinski definition) is 2. The van der Waals surface area contributed by atoms with E-state index < -0.39 is 11.9 Å². The van der Waals surface area contributed by atoms with Crippen LogP contribution in [0.1, 0.15) is 17.9 Å². The molecule has 1 heterocycles. The van der Waals surface area contributed by atoms with Crippen LogP contribution in [-0.4, -0.2) is 22.7 Å². The molecule has 3 amide bonds. The van der Waals surface area contributed by atoms with Crippen molar-refractivity contribution in [3.05, 3.63) is 11.5 Å². The third kappa shape index (κ3) is 3.93. The highest BCUT2D eigenvalue weighted by Gasteiger charge is 2.08. The highest BCUT2D eigenvalue weighted by atomic mass is 32.2. The van der Waals surface area contributed by atoms with Crippen LogP contribution in [0.4, 0.5) is 4.79 Å². The van der Waals surface area contributed by atoms with Crippen LogP contribution >= 0.6 is 11.8 Å². The largest absolute Gasteiger partial charge is 0.437 e. The van der Waals surface area contributed by atoms with Gasteiger partial charge >= 0.3 is 6.03 Å². The lowest BCUT2D eigenvalue weighted by atomic mass is 10.4. The van der Waals surface area contributed by atoms with Gasteiger partial charge in [0.15, 0.2) is 0 Å². The molecule has 6 nitrogen and oxygen atoms in total. The fraction of sp³-hybridized carbons (Fsp3) is 0.444. The zero-order chi connectivity index (χ0) is 12.1. The van der Waals surface area contributed by atoms with Gasteiger partial charge in [0.25, 0.3) is 5.22 Å². The first kappa shape index (κ1) is 12.6. The number of imide groups is 1. The van der Waals surface area contributed by atoms with E-state index in [2.05, 4.69) is 4.98 Å². The number of nitrogens with zero attached hydrogens (tertiary/aromatic N) is 1. The number of oxazole rings is 1. The van der Waals surface area contributed by atoms with Crippen molar-refractivity contribution >= 4 is 23.7 Å². The molecule has 0 spiro atoms. The number of primary amides is 1. The van der Waals surface area contributed by atoms with E-state index in [0.29, 0.717) is 11.0 Å². The van der Waals surface area contributed by atoms with Gasteiger partial charge in [-0.15, -0.1) is 0 Å². The van der Waals surface area contributed by atoms with Crippen molar-refractivity contribution < 1.29 is 14.0 Å². The van der Waals surface area contributed by atoms with Gasteiger partial charge in [-0.3, -0.25) is 10.1 Å².